The first-order valence-electron chi connectivity index (χ1n) is 4.99. The van der Waals surface area contributed by atoms with Crippen LogP contribution in [0.1, 0.15) is 39.0 Å². The molecule has 0 unspecified atom stereocenters. The van der Waals surface area contributed by atoms with Gasteiger partial charge in [0, 0.05) is 5.70 Å². The number of sulfonamides is 1. The molecule has 3 N–H and O–H groups in total. The van der Waals surface area contributed by atoms with Gasteiger partial charge in [-0.05, 0) is 19.8 Å². The van der Waals surface area contributed by atoms with Gasteiger partial charge in [0.15, 0.2) is 0 Å². The second-order valence-electron chi connectivity index (χ2n) is 4.22. The summed E-state index contributed by atoms with van der Waals surface area (Å²) in [6.07, 6.45) is 4.97. The SMILES string of the molecule is CC1=C(N)C2(CCCCC2)NS1(=O)=O. The molecule has 0 radical (unpaired) electrons. The van der Waals surface area contributed by atoms with E-state index in [9.17, 15) is 8.42 Å². The Balaban J connectivity index is 2.42. The molecule has 1 aliphatic heterocycles. The lowest BCUT2D eigenvalue weighted by atomic mass is 9.80. The molecule has 0 amide bonds. The summed E-state index contributed by atoms with van der Waals surface area (Å²) in [5.74, 6) is 0. The van der Waals surface area contributed by atoms with E-state index in [1.807, 2.05) is 0 Å². The Morgan fingerprint density at radius 3 is 2.29 bits per heavy atom. The third kappa shape index (κ3) is 1.26. The van der Waals surface area contributed by atoms with Crippen molar-refractivity contribution < 1.29 is 8.42 Å². The van der Waals surface area contributed by atoms with Crippen molar-refractivity contribution in [1.82, 2.24) is 4.72 Å². The molecule has 2 aliphatic rings. The Morgan fingerprint density at radius 2 is 1.86 bits per heavy atom. The van der Waals surface area contributed by atoms with Crippen molar-refractivity contribution in [3.8, 4) is 0 Å². The van der Waals surface area contributed by atoms with Crippen molar-refractivity contribution >= 4 is 10.0 Å². The molecule has 4 nitrogen and oxygen atoms in total. The molecule has 0 aromatic rings. The summed E-state index contributed by atoms with van der Waals surface area (Å²) in [6.45, 7) is 1.58. The molecule has 0 saturated heterocycles. The van der Waals surface area contributed by atoms with Crippen molar-refractivity contribution in [2.75, 3.05) is 0 Å². The number of hydrogen-bond acceptors (Lipinski definition) is 3. The molecule has 1 saturated carbocycles. The first kappa shape index (κ1) is 9.98. The Bertz CT molecular complexity index is 378. The van der Waals surface area contributed by atoms with Crippen LogP contribution in [-0.4, -0.2) is 14.0 Å². The third-order valence-corrected chi connectivity index (χ3v) is 5.02. The zero-order valence-corrected chi connectivity index (χ0v) is 9.15. The van der Waals surface area contributed by atoms with E-state index in [1.165, 1.54) is 6.42 Å². The van der Waals surface area contributed by atoms with E-state index in [4.69, 9.17) is 5.73 Å². The van der Waals surface area contributed by atoms with Crippen LogP contribution in [0.25, 0.3) is 0 Å². The maximum atomic E-state index is 11.6. The fourth-order valence-electron chi connectivity index (χ4n) is 2.40. The molecule has 0 bridgehead atoms. The molecule has 0 aromatic carbocycles. The van der Waals surface area contributed by atoms with Gasteiger partial charge in [-0.3, -0.25) is 0 Å². The summed E-state index contributed by atoms with van der Waals surface area (Å²) in [5, 5.41) is 0. The predicted octanol–water partition coefficient (Wildman–Crippen LogP) is 0.813. The summed E-state index contributed by atoms with van der Waals surface area (Å²) in [5.41, 5.74) is 6.00. The molecular weight excluding hydrogens is 200 g/mol. The Kier molecular flexibility index (Phi) is 2.12. The Morgan fingerprint density at radius 1 is 1.29 bits per heavy atom. The van der Waals surface area contributed by atoms with Crippen LogP contribution in [0.2, 0.25) is 0 Å². The van der Waals surface area contributed by atoms with Gasteiger partial charge in [-0.15, -0.1) is 0 Å². The first-order valence-corrected chi connectivity index (χ1v) is 6.47. The standard InChI is InChI=1S/C9H16N2O2S/c1-7-8(10)9(11-14(7,12)13)5-3-2-4-6-9/h11H,2-6,10H2,1H3. The smallest absolute Gasteiger partial charge is 0.239 e. The van der Waals surface area contributed by atoms with Gasteiger partial charge < -0.3 is 5.73 Å². The van der Waals surface area contributed by atoms with E-state index in [2.05, 4.69) is 4.72 Å². The summed E-state index contributed by atoms with van der Waals surface area (Å²) in [7, 11) is -3.28. The van der Waals surface area contributed by atoms with Crippen LogP contribution in [0.5, 0.6) is 0 Å². The molecule has 2 rings (SSSR count). The van der Waals surface area contributed by atoms with Gasteiger partial charge in [-0.1, -0.05) is 19.3 Å². The summed E-state index contributed by atoms with van der Waals surface area (Å²) >= 11 is 0. The highest BCUT2D eigenvalue weighted by molar-refractivity contribution is 7.93. The van der Waals surface area contributed by atoms with Gasteiger partial charge in [0.05, 0.1) is 10.4 Å². The fraction of sp³-hybridized carbons (Fsp3) is 0.778. The molecule has 1 spiro atoms. The van der Waals surface area contributed by atoms with E-state index in [0.717, 1.165) is 25.7 Å². The highest BCUT2D eigenvalue weighted by Gasteiger charge is 2.46. The van der Waals surface area contributed by atoms with Crippen molar-refractivity contribution in [1.29, 1.82) is 0 Å². The first-order chi connectivity index (χ1) is 6.48. The lowest BCUT2D eigenvalue weighted by molar-refractivity contribution is 0.318. The lowest BCUT2D eigenvalue weighted by Crippen LogP contribution is -2.47. The fourth-order valence-corrected chi connectivity index (χ4v) is 3.86. The van der Waals surface area contributed by atoms with Gasteiger partial charge in [0.1, 0.15) is 0 Å². The minimum atomic E-state index is -3.28. The second kappa shape index (κ2) is 2.97. The van der Waals surface area contributed by atoms with Crippen LogP contribution in [0, 0.1) is 0 Å². The maximum absolute atomic E-state index is 11.6. The monoisotopic (exact) mass is 216 g/mol. The minimum Gasteiger partial charge on any atom is -0.400 e. The van der Waals surface area contributed by atoms with Crippen molar-refractivity contribution in [2.45, 2.75) is 44.6 Å². The summed E-state index contributed by atoms with van der Waals surface area (Å²) in [4.78, 5) is 0.319. The zero-order valence-electron chi connectivity index (χ0n) is 8.34. The average molecular weight is 216 g/mol. The van der Waals surface area contributed by atoms with Gasteiger partial charge in [-0.2, -0.15) is 4.72 Å². The van der Waals surface area contributed by atoms with Crippen LogP contribution < -0.4 is 10.5 Å². The number of rotatable bonds is 0. The largest absolute Gasteiger partial charge is 0.400 e. The molecule has 0 atom stereocenters. The van der Waals surface area contributed by atoms with E-state index >= 15 is 0 Å². The molecule has 1 heterocycles. The van der Waals surface area contributed by atoms with E-state index < -0.39 is 15.6 Å². The van der Waals surface area contributed by atoms with E-state index in [0.29, 0.717) is 10.6 Å². The molecule has 0 aromatic heterocycles. The highest BCUT2D eigenvalue weighted by atomic mass is 32.2. The van der Waals surface area contributed by atoms with E-state index in [1.54, 1.807) is 6.92 Å². The van der Waals surface area contributed by atoms with Crippen molar-refractivity contribution in [3.05, 3.63) is 10.6 Å². The van der Waals surface area contributed by atoms with Crippen LogP contribution in [0.4, 0.5) is 0 Å². The van der Waals surface area contributed by atoms with Crippen molar-refractivity contribution in [3.63, 3.8) is 0 Å². The molecule has 14 heavy (non-hydrogen) atoms. The van der Waals surface area contributed by atoms with Crippen LogP contribution in [0.15, 0.2) is 10.6 Å². The molecule has 1 aliphatic carbocycles. The second-order valence-corrected chi connectivity index (χ2v) is 6.04. The van der Waals surface area contributed by atoms with E-state index in [-0.39, 0.29) is 0 Å². The van der Waals surface area contributed by atoms with Gasteiger partial charge in [0.2, 0.25) is 10.0 Å². The lowest BCUT2D eigenvalue weighted by Gasteiger charge is -2.33. The van der Waals surface area contributed by atoms with Crippen LogP contribution in [-0.2, 0) is 10.0 Å². The number of allylic oxidation sites excluding steroid dienone is 1. The number of nitrogens with two attached hydrogens (primary N) is 1. The number of hydrogen-bond donors (Lipinski definition) is 2. The Hall–Kier alpha value is -0.550. The quantitative estimate of drug-likeness (QED) is 0.629. The molecule has 80 valence electrons. The highest BCUT2D eigenvalue weighted by Crippen LogP contribution is 2.39. The normalized spacial score (nSPS) is 29.8. The zero-order chi connectivity index (χ0) is 10.4. The molecular formula is C9H16N2O2S. The number of nitrogens with one attached hydrogen (secondary N) is 1. The third-order valence-electron chi connectivity index (χ3n) is 3.33. The van der Waals surface area contributed by atoms with Gasteiger partial charge in [-0.25, -0.2) is 8.42 Å². The predicted molar refractivity (Wildman–Crippen MR) is 54.8 cm³/mol. The van der Waals surface area contributed by atoms with Gasteiger partial charge in [0.25, 0.3) is 0 Å². The van der Waals surface area contributed by atoms with Crippen LogP contribution >= 0.6 is 0 Å². The van der Waals surface area contributed by atoms with Crippen molar-refractivity contribution in [2.24, 2.45) is 5.73 Å². The maximum Gasteiger partial charge on any atom is 0.239 e. The topological polar surface area (TPSA) is 72.2 Å². The summed E-state index contributed by atoms with van der Waals surface area (Å²) < 4.78 is 25.9. The minimum absolute atomic E-state index is 0.319. The average Bonchev–Trinajstić information content (AvgIpc) is 2.29. The molecule has 1 fully saturated rings. The van der Waals surface area contributed by atoms with Gasteiger partial charge >= 0.3 is 0 Å². The van der Waals surface area contributed by atoms with Crippen LogP contribution in [0.3, 0.4) is 0 Å². The Labute approximate surface area is 84.6 Å². The summed E-state index contributed by atoms with van der Waals surface area (Å²) in [6, 6.07) is 0. The molecule has 5 heteroatoms.